The molecule has 0 aliphatic heterocycles. The predicted octanol–water partition coefficient (Wildman–Crippen LogP) is 9.67. The van der Waals surface area contributed by atoms with Crippen molar-refractivity contribution in [3.8, 4) is 5.75 Å². The summed E-state index contributed by atoms with van der Waals surface area (Å²) in [5.41, 5.74) is 5.43. The molecule has 0 fully saturated rings. The van der Waals surface area contributed by atoms with Crippen LogP contribution in [0.25, 0.3) is 22.1 Å². The molecule has 19 heteroatoms. The molecular weight excluding hydrogens is 886 g/mol. The average molecular weight is 923 g/mol. The molecule has 0 atom stereocenters. The van der Waals surface area contributed by atoms with Gasteiger partial charge in [-0.15, -0.1) is 0 Å². The van der Waals surface area contributed by atoms with Gasteiger partial charge in [0.15, 0.2) is 11.3 Å². The minimum absolute atomic E-state index is 0.266. The molecule has 0 unspecified atom stereocenters. The Morgan fingerprint density at radius 3 is 1.67 bits per heavy atom. The van der Waals surface area contributed by atoms with Gasteiger partial charge < -0.3 is 24.9 Å². The monoisotopic (exact) mass is 920 g/mol. The molecular formula is C44H36Cl4N12O3. The van der Waals surface area contributed by atoms with Crippen molar-refractivity contribution in [2.75, 3.05) is 17.7 Å². The molecule has 6 heterocycles. The van der Waals surface area contributed by atoms with Crippen LogP contribution in [-0.4, -0.2) is 68.0 Å². The van der Waals surface area contributed by atoms with Crippen molar-refractivity contribution in [1.82, 2.24) is 49.0 Å². The van der Waals surface area contributed by atoms with Crippen LogP contribution in [0, 0.1) is 13.8 Å². The van der Waals surface area contributed by atoms with E-state index in [1.54, 1.807) is 83.6 Å². The molecule has 0 aliphatic carbocycles. The number of aromatic amines is 1. The number of rotatable bonds is 11. The molecule has 9 aromatic rings. The third kappa shape index (κ3) is 9.51. The molecule has 3 N–H and O–H groups in total. The maximum atomic E-state index is 12.9. The van der Waals surface area contributed by atoms with Crippen molar-refractivity contribution < 1.29 is 14.3 Å². The van der Waals surface area contributed by atoms with Crippen molar-refractivity contribution in [3.63, 3.8) is 0 Å². The maximum absolute atomic E-state index is 12.9. The first-order valence-corrected chi connectivity index (χ1v) is 20.7. The molecule has 0 spiro atoms. The molecule has 15 nitrogen and oxygen atoms in total. The van der Waals surface area contributed by atoms with E-state index < -0.39 is 0 Å². The number of nitrogens with one attached hydrogen (secondary N) is 3. The maximum Gasteiger partial charge on any atom is 0.258 e. The third-order valence-corrected chi connectivity index (χ3v) is 11.2. The van der Waals surface area contributed by atoms with Crippen LogP contribution in [-0.2, 0) is 19.6 Å². The zero-order valence-electron chi connectivity index (χ0n) is 33.8. The van der Waals surface area contributed by atoms with E-state index in [0.717, 1.165) is 23.0 Å². The largest absolute Gasteiger partial charge is 0.497 e. The van der Waals surface area contributed by atoms with Crippen LogP contribution >= 0.6 is 46.4 Å². The number of benzene rings is 3. The fraction of sp³-hybridized carbons (Fsp3) is 0.136. The van der Waals surface area contributed by atoms with E-state index in [1.165, 1.54) is 12.4 Å². The number of carbonyl (C=O) groups is 2. The van der Waals surface area contributed by atoms with Crippen LogP contribution in [0.4, 0.5) is 11.4 Å². The lowest BCUT2D eigenvalue weighted by atomic mass is 10.2. The summed E-state index contributed by atoms with van der Waals surface area (Å²) in [4.78, 5) is 46.2. The number of ether oxygens (including phenoxy) is 1. The van der Waals surface area contributed by atoms with E-state index in [2.05, 4.69) is 50.3 Å². The molecule has 0 saturated heterocycles. The number of hydrogen-bond acceptors (Lipinski definition) is 9. The smallest absolute Gasteiger partial charge is 0.258 e. The third-order valence-electron chi connectivity index (χ3n) is 9.90. The number of pyridine rings is 2. The highest BCUT2D eigenvalue weighted by molar-refractivity contribution is 6.39. The fourth-order valence-electron chi connectivity index (χ4n) is 6.77. The number of methoxy groups -OCH3 is 1. The van der Waals surface area contributed by atoms with E-state index in [9.17, 15) is 9.59 Å². The zero-order valence-corrected chi connectivity index (χ0v) is 36.8. The Kier molecular flexibility index (Phi) is 12.7. The lowest BCUT2D eigenvalue weighted by molar-refractivity contribution is 0.101. The first-order chi connectivity index (χ1) is 30.4. The van der Waals surface area contributed by atoms with Crippen molar-refractivity contribution in [3.05, 3.63) is 170 Å². The van der Waals surface area contributed by atoms with Crippen LogP contribution < -0.4 is 15.4 Å². The number of aromatic nitrogens is 10. The second kappa shape index (κ2) is 18.7. The number of carbonyl (C=O) groups excluding carboxylic acids is 2. The molecule has 0 saturated carbocycles. The molecule has 63 heavy (non-hydrogen) atoms. The van der Waals surface area contributed by atoms with Gasteiger partial charge in [0.05, 0.1) is 50.4 Å². The second-order valence-corrected chi connectivity index (χ2v) is 15.8. The summed E-state index contributed by atoms with van der Waals surface area (Å²) in [5.74, 6) is 1.67. The van der Waals surface area contributed by atoms with Crippen molar-refractivity contribution >= 4 is 91.7 Å². The SMILES string of the molecule is COc1ccc(Cn2ccnc2Cn2nc(C)c3c(Cl)c(C(=O)Nc4ccc(Cl)cc4)cnc32)cc1.Cc1nn(Cc2ncc[nH]2)c2ncc(C(=O)Nc3ccc(Cl)cc3)c(Cl)c12. The summed E-state index contributed by atoms with van der Waals surface area (Å²) in [5, 5.41) is 17.8. The number of fused-ring (bicyclic) bond motifs is 2. The van der Waals surface area contributed by atoms with Gasteiger partial charge >= 0.3 is 0 Å². The van der Waals surface area contributed by atoms with Gasteiger partial charge in [-0.3, -0.25) is 9.59 Å². The summed E-state index contributed by atoms with van der Waals surface area (Å²) >= 11 is 25.0. The minimum Gasteiger partial charge on any atom is -0.497 e. The summed E-state index contributed by atoms with van der Waals surface area (Å²) in [7, 11) is 1.65. The van der Waals surface area contributed by atoms with Gasteiger partial charge in [-0.05, 0) is 80.1 Å². The number of hydrogen-bond donors (Lipinski definition) is 3. The summed E-state index contributed by atoms with van der Waals surface area (Å²) < 4.78 is 10.8. The molecule has 3 aromatic carbocycles. The van der Waals surface area contributed by atoms with Gasteiger partial charge in [-0.2, -0.15) is 10.2 Å². The molecule has 0 radical (unpaired) electrons. The summed E-state index contributed by atoms with van der Waals surface area (Å²) in [6.07, 6.45) is 10.0. The highest BCUT2D eigenvalue weighted by Crippen LogP contribution is 2.31. The fourth-order valence-corrected chi connectivity index (χ4v) is 7.74. The second-order valence-electron chi connectivity index (χ2n) is 14.1. The zero-order chi connectivity index (χ0) is 44.2. The Hall–Kier alpha value is -6.78. The van der Waals surface area contributed by atoms with E-state index in [0.29, 0.717) is 84.6 Å². The standard InChI is InChI=1S/C26H22Cl2N6O2.C18H14Cl2N6O/c1-16-23-24(28)21(26(35)31-19-7-5-18(27)6-8-19)13-30-25(23)34(32-16)15-22-29-11-12-33(22)14-17-3-9-20(36-2)10-4-17;1-10-15-16(20)13(18(27)24-12-4-2-11(19)3-5-12)8-23-17(15)26(25-10)9-14-21-6-7-22-14/h3-13H,14-15H2,1-2H3,(H,31,35);2-8H,9H2,1H3,(H,21,22)(H,24,27). The van der Waals surface area contributed by atoms with E-state index >= 15 is 0 Å². The lowest BCUT2D eigenvalue weighted by Crippen LogP contribution is -2.13. The highest BCUT2D eigenvalue weighted by Gasteiger charge is 2.22. The number of aryl methyl sites for hydroxylation is 2. The van der Waals surface area contributed by atoms with Gasteiger partial charge in [0.1, 0.15) is 30.5 Å². The van der Waals surface area contributed by atoms with Crippen LogP contribution in [0.1, 0.15) is 49.3 Å². The Bertz CT molecular complexity index is 3070. The quantitative estimate of drug-likeness (QED) is 0.114. The number of nitrogens with zero attached hydrogens (tertiary/aromatic N) is 9. The Morgan fingerprint density at radius 1 is 0.651 bits per heavy atom. The van der Waals surface area contributed by atoms with Gasteiger partial charge in [0.2, 0.25) is 0 Å². The normalized spacial score (nSPS) is 11.1. The molecule has 0 bridgehead atoms. The molecule has 318 valence electrons. The van der Waals surface area contributed by atoms with Crippen molar-refractivity contribution in [1.29, 1.82) is 0 Å². The Morgan fingerprint density at radius 2 is 1.17 bits per heavy atom. The topological polar surface area (TPSA) is 175 Å². The first kappa shape index (κ1) is 42.9. The Labute approximate surface area is 380 Å². The number of amides is 2. The first-order valence-electron chi connectivity index (χ1n) is 19.2. The van der Waals surface area contributed by atoms with Crippen LogP contribution in [0.5, 0.6) is 5.75 Å². The molecule has 9 rings (SSSR count). The number of H-pyrrole nitrogens is 1. The average Bonchev–Trinajstić information content (AvgIpc) is 4.09. The summed E-state index contributed by atoms with van der Waals surface area (Å²) in [6, 6.07) is 21.6. The molecule has 2 amide bonds. The minimum atomic E-state index is -0.362. The number of anilines is 2. The predicted molar refractivity (Wildman–Crippen MR) is 244 cm³/mol. The molecule has 6 aromatic heterocycles. The van der Waals surface area contributed by atoms with E-state index in [-0.39, 0.29) is 22.9 Å². The van der Waals surface area contributed by atoms with Gasteiger partial charge in [-0.25, -0.2) is 29.3 Å². The highest BCUT2D eigenvalue weighted by atomic mass is 35.5. The number of halogens is 4. The lowest BCUT2D eigenvalue weighted by Gasteiger charge is -2.10. The van der Waals surface area contributed by atoms with E-state index in [4.69, 9.17) is 51.1 Å². The van der Waals surface area contributed by atoms with E-state index in [1.807, 2.05) is 44.3 Å². The van der Waals surface area contributed by atoms with Gasteiger partial charge in [0.25, 0.3) is 11.8 Å². The Balaban J connectivity index is 0.000000180. The van der Waals surface area contributed by atoms with Crippen molar-refractivity contribution in [2.45, 2.75) is 33.5 Å². The van der Waals surface area contributed by atoms with Crippen LogP contribution in [0.15, 0.2) is 110 Å². The molecule has 0 aliphatic rings. The summed E-state index contributed by atoms with van der Waals surface area (Å²) in [6.45, 7) is 5.15. The van der Waals surface area contributed by atoms with Gasteiger partial charge in [-0.1, -0.05) is 58.5 Å². The van der Waals surface area contributed by atoms with Gasteiger partial charge in [0, 0.05) is 65.1 Å². The number of imidazole rings is 2. The van der Waals surface area contributed by atoms with Crippen LogP contribution in [0.3, 0.4) is 0 Å². The van der Waals surface area contributed by atoms with Crippen molar-refractivity contribution in [2.24, 2.45) is 0 Å². The van der Waals surface area contributed by atoms with Crippen LogP contribution in [0.2, 0.25) is 20.1 Å².